The van der Waals surface area contributed by atoms with Crippen molar-refractivity contribution in [3.05, 3.63) is 24.3 Å². The Morgan fingerprint density at radius 1 is 0.406 bits per heavy atom. The van der Waals surface area contributed by atoms with E-state index in [1.165, 1.54) is 154 Å². The van der Waals surface area contributed by atoms with E-state index in [-0.39, 0.29) is 0 Å². The van der Waals surface area contributed by atoms with Gasteiger partial charge in [-0.05, 0) is 63.2 Å². The maximum absolute atomic E-state index is 2.56. The SMILES string of the molecule is CCCCCCCCCCCC=CC1CCC(C=CCCCCCCCCCCC)CC1. The van der Waals surface area contributed by atoms with Crippen LogP contribution in [0.5, 0.6) is 0 Å². The number of hydrogen-bond acceptors (Lipinski definition) is 0. The Balaban J connectivity index is 1.88. The van der Waals surface area contributed by atoms with Gasteiger partial charge in [0.25, 0.3) is 0 Å². The fourth-order valence-electron chi connectivity index (χ4n) is 5.25. The fourth-order valence-corrected chi connectivity index (χ4v) is 5.25. The molecule has 1 rings (SSSR count). The highest BCUT2D eigenvalue weighted by Gasteiger charge is 2.17. The predicted octanol–water partition coefficient (Wildman–Crippen LogP) is 11.7. The van der Waals surface area contributed by atoms with Crippen LogP contribution in [-0.4, -0.2) is 0 Å². The molecule has 0 amide bonds. The molecule has 1 aliphatic carbocycles. The lowest BCUT2D eigenvalue weighted by atomic mass is 9.81. The van der Waals surface area contributed by atoms with Crippen LogP contribution in [0.1, 0.15) is 168 Å². The Labute approximate surface area is 204 Å². The molecule has 32 heavy (non-hydrogen) atoms. The van der Waals surface area contributed by atoms with Gasteiger partial charge < -0.3 is 0 Å². The van der Waals surface area contributed by atoms with E-state index in [2.05, 4.69) is 38.2 Å². The highest BCUT2D eigenvalue weighted by molar-refractivity contribution is 4.96. The zero-order chi connectivity index (χ0) is 23.0. The summed E-state index contributed by atoms with van der Waals surface area (Å²) in [5.41, 5.74) is 0. The Morgan fingerprint density at radius 3 is 1.00 bits per heavy atom. The van der Waals surface area contributed by atoms with Gasteiger partial charge in [0.2, 0.25) is 0 Å². The van der Waals surface area contributed by atoms with E-state index in [1.54, 1.807) is 0 Å². The molecule has 1 fully saturated rings. The minimum atomic E-state index is 0.871. The second-order valence-electron chi connectivity index (χ2n) is 10.8. The first kappa shape index (κ1) is 29.5. The monoisotopic (exact) mass is 444 g/mol. The minimum Gasteiger partial charge on any atom is -0.0883 e. The first-order valence-electron chi connectivity index (χ1n) is 15.2. The summed E-state index contributed by atoms with van der Waals surface area (Å²) < 4.78 is 0. The van der Waals surface area contributed by atoms with Gasteiger partial charge in [-0.15, -0.1) is 0 Å². The smallest absolute Gasteiger partial charge is 0.0233 e. The van der Waals surface area contributed by atoms with Crippen LogP contribution in [0.25, 0.3) is 0 Å². The van der Waals surface area contributed by atoms with Gasteiger partial charge in [0.1, 0.15) is 0 Å². The Kier molecular flexibility index (Phi) is 21.8. The van der Waals surface area contributed by atoms with Crippen LogP contribution < -0.4 is 0 Å². The quantitative estimate of drug-likeness (QED) is 0.115. The summed E-state index contributed by atoms with van der Waals surface area (Å²) >= 11 is 0. The zero-order valence-corrected chi connectivity index (χ0v) is 22.4. The summed E-state index contributed by atoms with van der Waals surface area (Å²) in [7, 11) is 0. The van der Waals surface area contributed by atoms with Crippen molar-refractivity contribution >= 4 is 0 Å². The van der Waals surface area contributed by atoms with E-state index in [0.717, 1.165) is 11.8 Å². The lowest BCUT2D eigenvalue weighted by molar-refractivity contribution is 0.355. The zero-order valence-electron chi connectivity index (χ0n) is 22.4. The van der Waals surface area contributed by atoms with Crippen LogP contribution in [0.4, 0.5) is 0 Å². The third kappa shape index (κ3) is 19.0. The average molecular weight is 445 g/mol. The molecule has 0 N–H and O–H groups in total. The molecule has 0 spiro atoms. The van der Waals surface area contributed by atoms with Gasteiger partial charge in [0.05, 0.1) is 0 Å². The first-order valence-corrected chi connectivity index (χ1v) is 15.2. The van der Waals surface area contributed by atoms with E-state index < -0.39 is 0 Å². The molecule has 0 aromatic carbocycles. The van der Waals surface area contributed by atoms with Gasteiger partial charge in [-0.2, -0.15) is 0 Å². The predicted molar refractivity (Wildman–Crippen MR) is 147 cm³/mol. The summed E-state index contributed by atoms with van der Waals surface area (Å²) in [6, 6.07) is 0. The normalized spacial score (nSPS) is 19.4. The molecule has 0 heterocycles. The van der Waals surface area contributed by atoms with Crippen molar-refractivity contribution in [1.29, 1.82) is 0 Å². The van der Waals surface area contributed by atoms with Crippen LogP contribution in [0.2, 0.25) is 0 Å². The van der Waals surface area contributed by atoms with Crippen LogP contribution in [0, 0.1) is 11.8 Å². The topological polar surface area (TPSA) is 0 Å². The van der Waals surface area contributed by atoms with Gasteiger partial charge >= 0.3 is 0 Å². The maximum Gasteiger partial charge on any atom is -0.0233 e. The lowest BCUT2D eigenvalue weighted by Gasteiger charge is -2.24. The van der Waals surface area contributed by atoms with Crippen LogP contribution >= 0.6 is 0 Å². The van der Waals surface area contributed by atoms with Gasteiger partial charge in [-0.3, -0.25) is 0 Å². The standard InChI is InChI=1S/C32H60/c1-3-5-7-9-11-13-15-17-19-21-23-25-31-27-29-32(30-28-31)26-24-22-20-18-16-14-12-10-8-6-4-2/h23-26,31-32H,3-22,27-30H2,1-2H3. The van der Waals surface area contributed by atoms with E-state index in [4.69, 9.17) is 0 Å². The third-order valence-corrected chi connectivity index (χ3v) is 7.58. The van der Waals surface area contributed by atoms with Crippen molar-refractivity contribution < 1.29 is 0 Å². The van der Waals surface area contributed by atoms with E-state index in [0.29, 0.717) is 0 Å². The highest BCUT2D eigenvalue weighted by Crippen LogP contribution is 2.30. The summed E-state index contributed by atoms with van der Waals surface area (Å²) in [4.78, 5) is 0. The summed E-state index contributed by atoms with van der Waals surface area (Å²) in [6.07, 6.45) is 44.3. The highest BCUT2D eigenvalue weighted by atomic mass is 14.2. The molecular weight excluding hydrogens is 384 g/mol. The average Bonchev–Trinajstić information content (AvgIpc) is 2.82. The summed E-state index contributed by atoms with van der Waals surface area (Å²) in [5, 5.41) is 0. The number of hydrogen-bond donors (Lipinski definition) is 0. The van der Waals surface area contributed by atoms with Gasteiger partial charge in [0, 0.05) is 0 Å². The summed E-state index contributed by atoms with van der Waals surface area (Å²) in [6.45, 7) is 4.60. The third-order valence-electron chi connectivity index (χ3n) is 7.58. The maximum atomic E-state index is 2.56. The number of unbranched alkanes of at least 4 members (excludes halogenated alkanes) is 18. The molecule has 0 atom stereocenters. The lowest BCUT2D eigenvalue weighted by Crippen LogP contribution is -2.11. The van der Waals surface area contributed by atoms with Crippen LogP contribution in [0.3, 0.4) is 0 Å². The van der Waals surface area contributed by atoms with Crippen molar-refractivity contribution in [2.75, 3.05) is 0 Å². The van der Waals surface area contributed by atoms with E-state index in [9.17, 15) is 0 Å². The van der Waals surface area contributed by atoms with Gasteiger partial charge in [-0.1, -0.05) is 141 Å². The van der Waals surface area contributed by atoms with Crippen molar-refractivity contribution in [2.24, 2.45) is 11.8 Å². The molecule has 0 heteroatoms. The molecule has 1 aliphatic rings. The Hall–Kier alpha value is -0.520. The van der Waals surface area contributed by atoms with Crippen LogP contribution in [0.15, 0.2) is 24.3 Å². The van der Waals surface area contributed by atoms with Gasteiger partial charge in [-0.25, -0.2) is 0 Å². The number of rotatable bonds is 22. The Bertz CT molecular complexity index is 370. The molecule has 0 bridgehead atoms. The summed E-state index contributed by atoms with van der Waals surface area (Å²) in [5.74, 6) is 1.74. The molecule has 0 unspecified atom stereocenters. The van der Waals surface area contributed by atoms with Crippen LogP contribution in [-0.2, 0) is 0 Å². The molecule has 0 radical (unpaired) electrons. The largest absolute Gasteiger partial charge is 0.0883 e. The molecule has 0 aliphatic heterocycles. The second kappa shape index (κ2) is 23.6. The fraction of sp³-hybridized carbons (Fsp3) is 0.875. The molecule has 0 aromatic rings. The Morgan fingerprint density at radius 2 is 0.688 bits per heavy atom. The van der Waals surface area contributed by atoms with Crippen molar-refractivity contribution in [1.82, 2.24) is 0 Å². The van der Waals surface area contributed by atoms with E-state index in [1.807, 2.05) is 0 Å². The van der Waals surface area contributed by atoms with Crippen molar-refractivity contribution in [3.63, 3.8) is 0 Å². The van der Waals surface area contributed by atoms with Gasteiger partial charge in [0.15, 0.2) is 0 Å². The minimum absolute atomic E-state index is 0.871. The molecule has 0 aromatic heterocycles. The molecule has 0 nitrogen and oxygen atoms in total. The molecule has 1 saturated carbocycles. The first-order chi connectivity index (χ1) is 15.9. The van der Waals surface area contributed by atoms with Crippen molar-refractivity contribution in [2.45, 2.75) is 168 Å². The molecule has 0 saturated heterocycles. The molecular formula is C32H60. The second-order valence-corrected chi connectivity index (χ2v) is 10.8. The van der Waals surface area contributed by atoms with E-state index >= 15 is 0 Å². The van der Waals surface area contributed by atoms with Crippen molar-refractivity contribution in [3.8, 4) is 0 Å². The number of allylic oxidation sites excluding steroid dienone is 4. The molecule has 188 valence electrons.